The average Bonchev–Trinajstić information content (AvgIpc) is 2.90. The quantitative estimate of drug-likeness (QED) is 0.619. The van der Waals surface area contributed by atoms with E-state index in [-0.39, 0.29) is 5.56 Å². The van der Waals surface area contributed by atoms with Gasteiger partial charge in [-0.05, 0) is 68.8 Å². The lowest BCUT2D eigenvalue weighted by molar-refractivity contribution is 0.0697. The Labute approximate surface area is 157 Å². The lowest BCUT2D eigenvalue weighted by Crippen LogP contribution is -2.02. The number of aromatic nitrogens is 1. The van der Waals surface area contributed by atoms with Crippen LogP contribution in [-0.4, -0.2) is 21.9 Å². The summed E-state index contributed by atoms with van der Waals surface area (Å²) >= 11 is 6.27. The third-order valence-electron chi connectivity index (χ3n) is 4.42. The van der Waals surface area contributed by atoms with Gasteiger partial charge in [-0.25, -0.2) is 4.79 Å². The van der Waals surface area contributed by atoms with Crippen LogP contribution in [0.2, 0.25) is 5.02 Å². The third-order valence-corrected chi connectivity index (χ3v) is 4.83. The number of hydrogen-bond donors (Lipinski definition) is 1. The smallest absolute Gasteiger partial charge is 0.335 e. The highest BCUT2D eigenvalue weighted by Gasteiger charge is 2.12. The van der Waals surface area contributed by atoms with E-state index in [2.05, 4.69) is 15.6 Å². The van der Waals surface area contributed by atoms with E-state index < -0.39 is 5.97 Å². The van der Waals surface area contributed by atoms with Gasteiger partial charge in [0.25, 0.3) is 0 Å². The van der Waals surface area contributed by atoms with E-state index in [1.54, 1.807) is 30.5 Å². The minimum atomic E-state index is -0.944. The molecule has 0 bridgehead atoms. The van der Waals surface area contributed by atoms with Crippen molar-refractivity contribution in [1.82, 2.24) is 4.57 Å². The van der Waals surface area contributed by atoms with Gasteiger partial charge in [0.05, 0.1) is 11.3 Å². The van der Waals surface area contributed by atoms with E-state index in [0.29, 0.717) is 5.69 Å². The molecule has 0 spiro atoms. The number of rotatable bonds is 4. The number of carbonyl (C=O) groups is 1. The highest BCUT2D eigenvalue weighted by atomic mass is 35.5. The van der Waals surface area contributed by atoms with E-state index in [0.717, 1.165) is 33.2 Å². The van der Waals surface area contributed by atoms with Crippen molar-refractivity contribution in [3.05, 3.63) is 81.6 Å². The number of carboxylic acids is 1. The second-order valence-corrected chi connectivity index (χ2v) is 6.56. The van der Waals surface area contributed by atoms with Gasteiger partial charge in [-0.1, -0.05) is 17.7 Å². The van der Waals surface area contributed by atoms with Gasteiger partial charge in [0.2, 0.25) is 0 Å². The van der Waals surface area contributed by atoms with E-state index in [9.17, 15) is 4.79 Å². The van der Waals surface area contributed by atoms with Gasteiger partial charge in [0.15, 0.2) is 0 Å². The number of hydrogen-bond acceptors (Lipinski definition) is 2. The van der Waals surface area contributed by atoms with Crippen LogP contribution < -0.4 is 0 Å². The molecule has 0 saturated heterocycles. The zero-order valence-corrected chi connectivity index (χ0v) is 15.6. The van der Waals surface area contributed by atoms with Gasteiger partial charge in [-0.3, -0.25) is 4.99 Å². The summed E-state index contributed by atoms with van der Waals surface area (Å²) in [5, 5.41) is 9.69. The molecule has 1 heterocycles. The van der Waals surface area contributed by atoms with E-state index in [4.69, 9.17) is 16.7 Å². The maximum Gasteiger partial charge on any atom is 0.335 e. The van der Waals surface area contributed by atoms with E-state index in [1.807, 2.05) is 39.0 Å². The van der Waals surface area contributed by atoms with Gasteiger partial charge in [-0.2, -0.15) is 0 Å². The molecule has 0 aliphatic rings. The van der Waals surface area contributed by atoms with Crippen LogP contribution in [0.5, 0.6) is 0 Å². The summed E-state index contributed by atoms with van der Waals surface area (Å²) in [7, 11) is 0. The molecule has 2 aromatic carbocycles. The molecule has 5 heteroatoms. The molecule has 0 unspecified atom stereocenters. The molecule has 3 aromatic rings. The summed E-state index contributed by atoms with van der Waals surface area (Å²) in [6.45, 7) is 6.10. The second kappa shape index (κ2) is 7.18. The third kappa shape index (κ3) is 3.41. The average molecular weight is 367 g/mol. The Bertz CT molecular complexity index is 1000. The molecule has 1 N–H and O–H groups in total. The Hall–Kier alpha value is -2.85. The van der Waals surface area contributed by atoms with Crippen LogP contribution in [0, 0.1) is 20.8 Å². The van der Waals surface area contributed by atoms with E-state index in [1.165, 1.54) is 0 Å². The van der Waals surface area contributed by atoms with Gasteiger partial charge in [0, 0.05) is 33.9 Å². The van der Waals surface area contributed by atoms with Crippen LogP contribution in [-0.2, 0) is 0 Å². The Kier molecular flexibility index (Phi) is 4.96. The maximum atomic E-state index is 10.9. The Morgan fingerprint density at radius 2 is 1.81 bits per heavy atom. The van der Waals surface area contributed by atoms with Crippen molar-refractivity contribution >= 4 is 29.5 Å². The zero-order chi connectivity index (χ0) is 18.8. The predicted molar refractivity (Wildman–Crippen MR) is 106 cm³/mol. The molecule has 0 radical (unpaired) electrons. The van der Waals surface area contributed by atoms with Crippen molar-refractivity contribution in [3.63, 3.8) is 0 Å². The Balaban J connectivity index is 1.95. The minimum Gasteiger partial charge on any atom is -0.478 e. The number of benzene rings is 2. The molecule has 0 aliphatic carbocycles. The van der Waals surface area contributed by atoms with E-state index >= 15 is 0 Å². The lowest BCUT2D eigenvalue weighted by Gasteiger charge is -2.13. The summed E-state index contributed by atoms with van der Waals surface area (Å²) in [4.78, 5) is 15.4. The molecular weight excluding hydrogens is 348 g/mol. The van der Waals surface area contributed by atoms with Crippen molar-refractivity contribution < 1.29 is 9.90 Å². The summed E-state index contributed by atoms with van der Waals surface area (Å²) < 4.78 is 2.16. The van der Waals surface area contributed by atoms with Gasteiger partial charge < -0.3 is 9.67 Å². The van der Waals surface area contributed by atoms with Crippen LogP contribution in [0.15, 0.2) is 53.5 Å². The SMILES string of the molecule is Cc1c(Cl)cccc1-n1c(C)cc(C=Nc2ccc(C(=O)O)cc2)c1C. The fourth-order valence-electron chi connectivity index (χ4n) is 2.96. The number of carboxylic acid groups (broad SMARTS) is 1. The predicted octanol–water partition coefficient (Wildman–Crippen LogP) is 5.50. The molecule has 1 aromatic heterocycles. The van der Waals surface area contributed by atoms with Crippen molar-refractivity contribution in [2.45, 2.75) is 20.8 Å². The van der Waals surface area contributed by atoms with Crippen molar-refractivity contribution in [3.8, 4) is 5.69 Å². The first-order chi connectivity index (χ1) is 12.4. The normalized spacial score (nSPS) is 11.2. The minimum absolute atomic E-state index is 0.249. The molecular formula is C21H19ClN2O2. The summed E-state index contributed by atoms with van der Waals surface area (Å²) in [6, 6.07) is 14.4. The summed E-state index contributed by atoms with van der Waals surface area (Å²) in [5.41, 5.74) is 6.21. The molecule has 0 amide bonds. The van der Waals surface area contributed by atoms with Gasteiger partial charge in [0.1, 0.15) is 0 Å². The maximum absolute atomic E-state index is 10.9. The van der Waals surface area contributed by atoms with Crippen LogP contribution in [0.25, 0.3) is 5.69 Å². The molecule has 0 aliphatic heterocycles. The molecule has 0 atom stereocenters. The molecule has 132 valence electrons. The fourth-order valence-corrected chi connectivity index (χ4v) is 3.13. The first-order valence-corrected chi connectivity index (χ1v) is 8.58. The second-order valence-electron chi connectivity index (χ2n) is 6.16. The Morgan fingerprint density at radius 3 is 2.46 bits per heavy atom. The van der Waals surface area contributed by atoms with Gasteiger partial charge >= 0.3 is 5.97 Å². The number of nitrogens with zero attached hydrogens (tertiary/aromatic N) is 2. The molecule has 0 fully saturated rings. The monoisotopic (exact) mass is 366 g/mol. The molecule has 4 nitrogen and oxygen atoms in total. The van der Waals surface area contributed by atoms with Crippen molar-refractivity contribution in [2.75, 3.05) is 0 Å². The topological polar surface area (TPSA) is 54.6 Å². The van der Waals surface area contributed by atoms with Crippen LogP contribution in [0.3, 0.4) is 0 Å². The number of aromatic carboxylic acids is 1. The fraction of sp³-hybridized carbons (Fsp3) is 0.143. The van der Waals surface area contributed by atoms with Crippen LogP contribution >= 0.6 is 11.6 Å². The van der Waals surface area contributed by atoms with Crippen molar-refractivity contribution in [2.24, 2.45) is 4.99 Å². The molecule has 26 heavy (non-hydrogen) atoms. The highest BCUT2D eigenvalue weighted by Crippen LogP contribution is 2.27. The van der Waals surface area contributed by atoms with Crippen molar-refractivity contribution in [1.29, 1.82) is 0 Å². The summed E-state index contributed by atoms with van der Waals surface area (Å²) in [5.74, 6) is -0.944. The number of halogens is 1. The number of aliphatic imine (C=N–C) groups is 1. The Morgan fingerprint density at radius 1 is 1.12 bits per heavy atom. The standard InChI is InChI=1S/C21H19ClN2O2/c1-13-11-17(12-23-18-9-7-16(8-10-18)21(25)26)15(3)24(13)20-6-4-5-19(22)14(20)2/h4-12H,1-3H3,(H,25,26). The lowest BCUT2D eigenvalue weighted by atomic mass is 10.2. The van der Waals surface area contributed by atoms with Crippen LogP contribution in [0.1, 0.15) is 32.9 Å². The van der Waals surface area contributed by atoms with Gasteiger partial charge in [-0.15, -0.1) is 0 Å². The molecule has 3 rings (SSSR count). The zero-order valence-electron chi connectivity index (χ0n) is 14.8. The summed E-state index contributed by atoms with van der Waals surface area (Å²) in [6.07, 6.45) is 1.80. The first kappa shape index (κ1) is 18.0. The molecule has 0 saturated carbocycles. The van der Waals surface area contributed by atoms with Crippen LogP contribution in [0.4, 0.5) is 5.69 Å². The number of aryl methyl sites for hydroxylation is 1. The first-order valence-electron chi connectivity index (χ1n) is 8.20. The highest BCUT2D eigenvalue weighted by molar-refractivity contribution is 6.31. The largest absolute Gasteiger partial charge is 0.478 e.